The number of imidazole rings is 1. The van der Waals surface area contributed by atoms with Gasteiger partial charge in [0.1, 0.15) is 5.52 Å². The molecule has 1 unspecified atom stereocenters. The molecule has 0 amide bonds. The molecule has 0 aromatic carbocycles. The third kappa shape index (κ3) is 2.21. The monoisotopic (exact) mass is 262 g/mol. The summed E-state index contributed by atoms with van der Waals surface area (Å²) in [6, 6.07) is 0. The highest BCUT2D eigenvalue weighted by Gasteiger charge is 2.33. The molecule has 1 saturated heterocycles. The van der Waals surface area contributed by atoms with Crippen LogP contribution in [0.15, 0.2) is 6.33 Å². The van der Waals surface area contributed by atoms with Gasteiger partial charge in [-0.25, -0.2) is 4.98 Å². The largest absolute Gasteiger partial charge is 0.388 e. The minimum Gasteiger partial charge on any atom is -0.388 e. The van der Waals surface area contributed by atoms with Crippen LogP contribution >= 0.6 is 0 Å². The summed E-state index contributed by atoms with van der Waals surface area (Å²) in [4.78, 5) is 18.2. The van der Waals surface area contributed by atoms with Gasteiger partial charge in [-0.05, 0) is 20.3 Å². The quantitative estimate of drug-likeness (QED) is 0.756. The van der Waals surface area contributed by atoms with E-state index < -0.39 is 5.60 Å². The Morgan fingerprint density at radius 3 is 3.05 bits per heavy atom. The van der Waals surface area contributed by atoms with Crippen molar-refractivity contribution in [2.45, 2.75) is 25.9 Å². The summed E-state index contributed by atoms with van der Waals surface area (Å²) in [6.45, 7) is 5.96. The molecule has 2 aromatic rings. The van der Waals surface area contributed by atoms with E-state index in [-0.39, 0.29) is 0 Å². The third-order valence-electron chi connectivity index (χ3n) is 3.35. The van der Waals surface area contributed by atoms with Crippen molar-refractivity contribution in [1.29, 1.82) is 0 Å². The Morgan fingerprint density at radius 1 is 1.53 bits per heavy atom. The van der Waals surface area contributed by atoms with Gasteiger partial charge in [-0.2, -0.15) is 9.97 Å². The number of hydrogen-bond acceptors (Lipinski definition) is 6. The maximum Gasteiger partial charge on any atom is 0.226 e. The zero-order valence-electron chi connectivity index (χ0n) is 11.1. The molecule has 0 aliphatic carbocycles. The highest BCUT2D eigenvalue weighted by molar-refractivity contribution is 5.84. The van der Waals surface area contributed by atoms with Crippen LogP contribution in [0, 0.1) is 0 Å². The molecule has 19 heavy (non-hydrogen) atoms. The molecule has 3 heterocycles. The predicted molar refractivity (Wildman–Crippen MR) is 73.3 cm³/mol. The Kier molecular flexibility index (Phi) is 2.78. The van der Waals surface area contributed by atoms with Gasteiger partial charge >= 0.3 is 0 Å². The molecule has 7 nitrogen and oxygen atoms in total. The average Bonchev–Trinajstić information content (AvgIpc) is 2.94. The van der Waals surface area contributed by atoms with Crippen molar-refractivity contribution >= 4 is 22.9 Å². The first kappa shape index (κ1) is 12.2. The number of anilines is 2. The van der Waals surface area contributed by atoms with E-state index in [9.17, 15) is 5.11 Å². The molecular formula is C12H18N6O. The lowest BCUT2D eigenvalue weighted by molar-refractivity contribution is 0.0839. The van der Waals surface area contributed by atoms with Crippen molar-refractivity contribution in [3.05, 3.63) is 6.33 Å². The Labute approximate surface area is 111 Å². The van der Waals surface area contributed by atoms with Crippen LogP contribution in [0.5, 0.6) is 0 Å². The van der Waals surface area contributed by atoms with Gasteiger partial charge in [0.2, 0.25) is 5.95 Å². The number of H-pyrrole nitrogens is 1. The molecule has 0 spiro atoms. The van der Waals surface area contributed by atoms with Gasteiger partial charge in [-0.3, -0.25) is 0 Å². The highest BCUT2D eigenvalue weighted by atomic mass is 16.3. The van der Waals surface area contributed by atoms with E-state index >= 15 is 0 Å². The number of fused-ring (bicyclic) bond motifs is 1. The van der Waals surface area contributed by atoms with Crippen LogP contribution in [0.1, 0.15) is 20.3 Å². The molecule has 1 fully saturated rings. The second kappa shape index (κ2) is 4.34. The lowest BCUT2D eigenvalue weighted by Crippen LogP contribution is -2.30. The maximum atomic E-state index is 10.1. The van der Waals surface area contributed by atoms with Crippen LogP contribution < -0.4 is 10.2 Å². The minimum atomic E-state index is -0.657. The Bertz CT molecular complexity index is 593. The standard InChI is InChI=1S/C12H18N6O/c1-3-13-11-16-9-8(14-7-15-9)10(17-11)18-5-4-12(2,19)6-18/h7,19H,3-6H2,1-2H3,(H2,13,14,15,16,17). The molecular weight excluding hydrogens is 244 g/mol. The highest BCUT2D eigenvalue weighted by Crippen LogP contribution is 2.29. The maximum absolute atomic E-state index is 10.1. The van der Waals surface area contributed by atoms with Crippen molar-refractivity contribution in [3.8, 4) is 0 Å². The number of aromatic amines is 1. The normalized spacial score (nSPS) is 23.2. The first-order valence-electron chi connectivity index (χ1n) is 6.51. The van der Waals surface area contributed by atoms with Crippen LogP contribution in [-0.4, -0.2) is 50.3 Å². The van der Waals surface area contributed by atoms with Crippen molar-refractivity contribution in [3.63, 3.8) is 0 Å². The molecule has 0 bridgehead atoms. The summed E-state index contributed by atoms with van der Waals surface area (Å²) in [5.74, 6) is 1.37. The Hall–Kier alpha value is -1.89. The fraction of sp³-hybridized carbons (Fsp3) is 0.583. The fourth-order valence-electron chi connectivity index (χ4n) is 2.41. The summed E-state index contributed by atoms with van der Waals surface area (Å²) >= 11 is 0. The van der Waals surface area contributed by atoms with E-state index in [1.165, 1.54) is 0 Å². The van der Waals surface area contributed by atoms with Gasteiger partial charge < -0.3 is 20.3 Å². The van der Waals surface area contributed by atoms with Gasteiger partial charge in [-0.1, -0.05) is 0 Å². The van der Waals surface area contributed by atoms with E-state index in [4.69, 9.17) is 0 Å². The number of nitrogens with zero attached hydrogens (tertiary/aromatic N) is 4. The third-order valence-corrected chi connectivity index (χ3v) is 3.35. The number of hydrogen-bond donors (Lipinski definition) is 3. The molecule has 3 rings (SSSR count). The van der Waals surface area contributed by atoms with E-state index in [2.05, 4.69) is 30.2 Å². The Morgan fingerprint density at radius 2 is 2.37 bits per heavy atom. The molecule has 2 aromatic heterocycles. The molecule has 3 N–H and O–H groups in total. The molecule has 7 heteroatoms. The van der Waals surface area contributed by atoms with E-state index in [0.29, 0.717) is 18.1 Å². The van der Waals surface area contributed by atoms with Gasteiger partial charge in [-0.15, -0.1) is 0 Å². The summed E-state index contributed by atoms with van der Waals surface area (Å²) in [6.07, 6.45) is 2.36. The van der Waals surface area contributed by atoms with Gasteiger partial charge in [0, 0.05) is 19.6 Å². The lowest BCUT2D eigenvalue weighted by atomic mass is 10.1. The topological polar surface area (TPSA) is 90.0 Å². The molecule has 102 valence electrons. The summed E-state index contributed by atoms with van der Waals surface area (Å²) in [7, 11) is 0. The SMILES string of the molecule is CCNc1nc(N2CCC(C)(O)C2)c2[nH]cnc2n1. The van der Waals surface area contributed by atoms with E-state index in [1.54, 1.807) is 6.33 Å². The summed E-state index contributed by atoms with van der Waals surface area (Å²) in [5, 5.41) is 13.2. The second-order valence-corrected chi connectivity index (χ2v) is 5.17. The number of rotatable bonds is 3. The van der Waals surface area contributed by atoms with Crippen molar-refractivity contribution < 1.29 is 5.11 Å². The molecule has 1 aliphatic heterocycles. The van der Waals surface area contributed by atoms with Crippen LogP contribution in [0.25, 0.3) is 11.2 Å². The Balaban J connectivity index is 2.03. The van der Waals surface area contributed by atoms with Crippen molar-refractivity contribution in [2.24, 2.45) is 0 Å². The summed E-state index contributed by atoms with van der Waals surface area (Å²) < 4.78 is 0. The molecule has 1 aliphatic rings. The average molecular weight is 262 g/mol. The first-order chi connectivity index (χ1) is 9.09. The van der Waals surface area contributed by atoms with Crippen LogP contribution in [0.2, 0.25) is 0 Å². The fourth-order valence-corrected chi connectivity index (χ4v) is 2.41. The number of nitrogens with one attached hydrogen (secondary N) is 2. The van der Waals surface area contributed by atoms with Gasteiger partial charge in [0.05, 0.1) is 11.9 Å². The van der Waals surface area contributed by atoms with Crippen molar-refractivity contribution in [1.82, 2.24) is 19.9 Å². The van der Waals surface area contributed by atoms with Crippen LogP contribution in [0.3, 0.4) is 0 Å². The van der Waals surface area contributed by atoms with Gasteiger partial charge in [0.15, 0.2) is 11.5 Å². The van der Waals surface area contributed by atoms with Gasteiger partial charge in [0.25, 0.3) is 0 Å². The molecule has 0 radical (unpaired) electrons. The second-order valence-electron chi connectivity index (χ2n) is 5.17. The summed E-state index contributed by atoms with van der Waals surface area (Å²) in [5.41, 5.74) is 0.808. The lowest BCUT2D eigenvalue weighted by Gasteiger charge is -2.20. The van der Waals surface area contributed by atoms with E-state index in [1.807, 2.05) is 13.8 Å². The molecule has 0 saturated carbocycles. The zero-order chi connectivity index (χ0) is 13.5. The number of aliphatic hydroxyl groups is 1. The minimum absolute atomic E-state index is 0.573. The predicted octanol–water partition coefficient (Wildman–Crippen LogP) is 0.746. The zero-order valence-corrected chi connectivity index (χ0v) is 11.1. The van der Waals surface area contributed by atoms with Crippen LogP contribution in [0.4, 0.5) is 11.8 Å². The smallest absolute Gasteiger partial charge is 0.226 e. The number of aromatic nitrogens is 4. The van der Waals surface area contributed by atoms with E-state index in [0.717, 1.165) is 30.8 Å². The van der Waals surface area contributed by atoms with Crippen molar-refractivity contribution in [2.75, 3.05) is 29.9 Å². The molecule has 1 atom stereocenters. The van der Waals surface area contributed by atoms with Crippen LogP contribution in [-0.2, 0) is 0 Å². The number of β-amino-alcohol motifs (C(OH)–C–C–N with tert-alkyl or cyclic N) is 1. The first-order valence-corrected chi connectivity index (χ1v) is 6.51.